The van der Waals surface area contributed by atoms with Crippen LogP contribution in [0.2, 0.25) is 0 Å². The summed E-state index contributed by atoms with van der Waals surface area (Å²) in [5, 5.41) is 4.05. The van der Waals surface area contributed by atoms with Gasteiger partial charge >= 0.3 is 0 Å². The van der Waals surface area contributed by atoms with Gasteiger partial charge in [-0.2, -0.15) is 0 Å². The first-order valence-corrected chi connectivity index (χ1v) is 12.9. The maximum Gasteiger partial charge on any atom is 0.157 e. The van der Waals surface area contributed by atoms with E-state index in [1.807, 2.05) is 0 Å². The van der Waals surface area contributed by atoms with Crippen LogP contribution in [-0.4, -0.2) is 8.80 Å². The maximum absolute atomic E-state index is 6.62. The quantitative estimate of drug-likeness (QED) is 0.334. The fourth-order valence-electron chi connectivity index (χ4n) is 5.56. The number of nitrogens with zero attached hydrogens (tertiary/aromatic N) is 1. The molecule has 4 aromatic carbocycles. The second kappa shape index (κ2) is 6.05. The average Bonchev–Trinajstić information content (AvgIpc) is 2.78. The Balaban J connectivity index is 1.62. The van der Waals surface area contributed by atoms with Gasteiger partial charge in [0, 0.05) is 32.6 Å². The molecule has 4 heteroatoms. The molecule has 0 amide bonds. The molecule has 0 unspecified atom stereocenters. The highest BCUT2D eigenvalue weighted by molar-refractivity contribution is 7.00. The smallest absolute Gasteiger partial charge is 0.157 e. The molecule has 0 N–H and O–H groups in total. The molecule has 0 fully saturated rings. The number of aryl methyl sites for hydroxylation is 4. The Hall–Kier alpha value is -3.50. The minimum absolute atomic E-state index is 0.978. The van der Waals surface area contributed by atoms with Crippen molar-refractivity contribution < 1.29 is 9.47 Å². The Labute approximate surface area is 189 Å². The fraction of sp³-hybridized carbons (Fsp3) is 0.143. The molecule has 3 nitrogen and oxygen atoms in total. The SMILES string of the molecule is Cc1ccc(N2c3ccc(C)c4c3[SiH]3c5c(cc(C)cc5Oc5c(C)ccc2c53)O4)cc1. The van der Waals surface area contributed by atoms with E-state index >= 15 is 0 Å². The number of rotatable bonds is 1. The molecule has 32 heavy (non-hydrogen) atoms. The van der Waals surface area contributed by atoms with Crippen LogP contribution in [0.1, 0.15) is 22.3 Å². The van der Waals surface area contributed by atoms with E-state index in [2.05, 4.69) is 93.3 Å². The maximum atomic E-state index is 6.62. The predicted octanol–water partition coefficient (Wildman–Crippen LogP) is 5.16. The van der Waals surface area contributed by atoms with Gasteiger partial charge in [-0.3, -0.25) is 0 Å². The van der Waals surface area contributed by atoms with Crippen molar-refractivity contribution in [1.82, 2.24) is 0 Å². The number of hydrogen-bond acceptors (Lipinski definition) is 3. The largest absolute Gasteiger partial charge is 0.457 e. The van der Waals surface area contributed by atoms with Crippen molar-refractivity contribution >= 4 is 41.4 Å². The average molecular weight is 434 g/mol. The van der Waals surface area contributed by atoms with Crippen LogP contribution in [0, 0.1) is 27.7 Å². The first-order chi connectivity index (χ1) is 15.5. The Kier molecular flexibility index (Phi) is 3.42. The number of ether oxygens (including phenoxy) is 2. The Morgan fingerprint density at radius 1 is 0.594 bits per heavy atom. The third kappa shape index (κ3) is 2.20. The van der Waals surface area contributed by atoms with Gasteiger partial charge in [0.25, 0.3) is 0 Å². The van der Waals surface area contributed by atoms with E-state index < -0.39 is 8.80 Å². The Morgan fingerprint density at radius 2 is 1.12 bits per heavy atom. The molecule has 0 bridgehead atoms. The zero-order valence-corrected chi connectivity index (χ0v) is 19.8. The van der Waals surface area contributed by atoms with Gasteiger partial charge < -0.3 is 14.4 Å². The highest BCUT2D eigenvalue weighted by Crippen LogP contribution is 2.46. The van der Waals surface area contributed by atoms with Crippen molar-refractivity contribution in [3.63, 3.8) is 0 Å². The van der Waals surface area contributed by atoms with E-state index in [0.29, 0.717) is 0 Å². The van der Waals surface area contributed by atoms with Crippen LogP contribution in [0.25, 0.3) is 0 Å². The lowest BCUT2D eigenvalue weighted by Gasteiger charge is -2.44. The summed E-state index contributed by atoms with van der Waals surface area (Å²) in [6, 6.07) is 22.1. The first kappa shape index (κ1) is 18.1. The molecule has 0 radical (unpaired) electrons. The van der Waals surface area contributed by atoms with E-state index in [1.54, 1.807) is 0 Å². The number of hydrogen-bond donors (Lipinski definition) is 0. The monoisotopic (exact) mass is 433 g/mol. The molecule has 3 heterocycles. The lowest BCUT2D eigenvalue weighted by atomic mass is 10.1. The highest BCUT2D eigenvalue weighted by atomic mass is 28.3. The van der Waals surface area contributed by atoms with Gasteiger partial charge in [0.05, 0.1) is 0 Å². The molecule has 0 saturated heterocycles. The second-order valence-electron chi connectivity index (χ2n) is 9.27. The molecular formula is C28H23NO2Si. The van der Waals surface area contributed by atoms with Gasteiger partial charge in [-0.1, -0.05) is 29.8 Å². The molecule has 0 saturated carbocycles. The summed E-state index contributed by atoms with van der Waals surface area (Å²) < 4.78 is 13.2. The summed E-state index contributed by atoms with van der Waals surface area (Å²) in [6.07, 6.45) is 0. The standard InChI is InChI=1S/C28H23NO2Si/c1-15-5-9-19(10-6-15)29-20-11-7-17(3)24-26(20)32-27-21(29)12-8-18(4)25(27)31-23-14-16(2)13-22(30-24)28(23)32/h5-14,32H,1-4H3. The van der Waals surface area contributed by atoms with Crippen LogP contribution < -0.4 is 29.9 Å². The van der Waals surface area contributed by atoms with Crippen molar-refractivity contribution in [2.24, 2.45) is 0 Å². The van der Waals surface area contributed by atoms with Gasteiger partial charge in [-0.25, -0.2) is 0 Å². The molecular weight excluding hydrogens is 410 g/mol. The minimum Gasteiger partial charge on any atom is -0.457 e. The van der Waals surface area contributed by atoms with Crippen LogP contribution in [-0.2, 0) is 0 Å². The molecule has 156 valence electrons. The Morgan fingerprint density at radius 3 is 1.66 bits per heavy atom. The molecule has 0 atom stereocenters. The molecule has 3 aliphatic heterocycles. The summed E-state index contributed by atoms with van der Waals surface area (Å²) in [5.41, 5.74) is 8.46. The molecule has 0 aromatic heterocycles. The van der Waals surface area contributed by atoms with E-state index in [1.165, 1.54) is 54.9 Å². The Bertz CT molecular complexity index is 1390. The van der Waals surface area contributed by atoms with Gasteiger partial charge in [0.15, 0.2) is 8.80 Å². The number of anilines is 3. The van der Waals surface area contributed by atoms with E-state index in [-0.39, 0.29) is 0 Å². The van der Waals surface area contributed by atoms with Crippen LogP contribution in [0.4, 0.5) is 17.1 Å². The van der Waals surface area contributed by atoms with Gasteiger partial charge in [0.2, 0.25) is 0 Å². The zero-order chi connectivity index (χ0) is 21.7. The second-order valence-corrected chi connectivity index (χ2v) is 11.9. The highest BCUT2D eigenvalue weighted by Gasteiger charge is 2.46. The zero-order valence-electron chi connectivity index (χ0n) is 18.6. The number of benzene rings is 4. The third-order valence-electron chi connectivity index (χ3n) is 7.05. The van der Waals surface area contributed by atoms with Crippen molar-refractivity contribution in [3.8, 4) is 23.0 Å². The van der Waals surface area contributed by atoms with E-state index in [9.17, 15) is 0 Å². The predicted molar refractivity (Wildman–Crippen MR) is 133 cm³/mol. The lowest BCUT2D eigenvalue weighted by Crippen LogP contribution is -2.61. The van der Waals surface area contributed by atoms with Crippen molar-refractivity contribution in [2.45, 2.75) is 27.7 Å². The van der Waals surface area contributed by atoms with Crippen LogP contribution >= 0.6 is 0 Å². The fourth-order valence-corrected chi connectivity index (χ4v) is 9.41. The topological polar surface area (TPSA) is 21.7 Å². The van der Waals surface area contributed by atoms with Gasteiger partial charge in [-0.05, 0) is 80.8 Å². The summed E-state index contributed by atoms with van der Waals surface area (Å²) in [4.78, 5) is 2.40. The lowest BCUT2D eigenvalue weighted by molar-refractivity contribution is 0.460. The minimum atomic E-state index is -1.76. The van der Waals surface area contributed by atoms with Gasteiger partial charge in [0.1, 0.15) is 23.0 Å². The van der Waals surface area contributed by atoms with E-state index in [4.69, 9.17) is 9.47 Å². The molecule has 0 aliphatic carbocycles. The van der Waals surface area contributed by atoms with Crippen LogP contribution in [0.15, 0.2) is 60.7 Å². The summed E-state index contributed by atoms with van der Waals surface area (Å²) in [7, 11) is -1.76. The van der Waals surface area contributed by atoms with Crippen LogP contribution in [0.5, 0.6) is 23.0 Å². The van der Waals surface area contributed by atoms with Crippen LogP contribution in [0.3, 0.4) is 0 Å². The summed E-state index contributed by atoms with van der Waals surface area (Å²) >= 11 is 0. The summed E-state index contributed by atoms with van der Waals surface area (Å²) in [5.74, 6) is 4.04. The third-order valence-corrected chi connectivity index (χ3v) is 10.5. The van der Waals surface area contributed by atoms with Crippen molar-refractivity contribution in [3.05, 3.63) is 82.9 Å². The van der Waals surface area contributed by atoms with Crippen molar-refractivity contribution in [2.75, 3.05) is 4.90 Å². The van der Waals surface area contributed by atoms with Crippen molar-refractivity contribution in [1.29, 1.82) is 0 Å². The first-order valence-electron chi connectivity index (χ1n) is 11.2. The molecule has 3 aliphatic rings. The summed E-state index contributed by atoms with van der Waals surface area (Å²) in [6.45, 7) is 8.57. The molecule has 7 rings (SSSR count). The molecule has 0 spiro atoms. The normalized spacial score (nSPS) is 14.6. The van der Waals surface area contributed by atoms with E-state index in [0.717, 1.165) is 23.0 Å². The van der Waals surface area contributed by atoms with Gasteiger partial charge in [-0.15, -0.1) is 0 Å². The molecule has 4 aromatic rings.